The van der Waals surface area contributed by atoms with Crippen LogP contribution in [0.3, 0.4) is 0 Å². The predicted octanol–water partition coefficient (Wildman–Crippen LogP) is 2.70. The second-order valence-corrected chi connectivity index (χ2v) is 15.0. The fourth-order valence-electron chi connectivity index (χ4n) is 5.79. The minimum absolute atomic E-state index is 0.0790. The third kappa shape index (κ3) is 5.34. The molecular formula is C29H37N7O5S. The van der Waals surface area contributed by atoms with E-state index in [4.69, 9.17) is 9.73 Å². The molecule has 224 valence electrons. The van der Waals surface area contributed by atoms with Crippen LogP contribution in [0.2, 0.25) is 0 Å². The summed E-state index contributed by atoms with van der Waals surface area (Å²) in [6.45, 7) is 11.6. The van der Waals surface area contributed by atoms with Crippen molar-refractivity contribution in [1.82, 2.24) is 20.1 Å². The third-order valence-electron chi connectivity index (χ3n) is 7.77. The largest absolute Gasteiger partial charge is 0.366 e. The van der Waals surface area contributed by atoms with Crippen molar-refractivity contribution in [2.24, 2.45) is 15.9 Å². The number of rotatable bonds is 4. The van der Waals surface area contributed by atoms with E-state index in [2.05, 4.69) is 21.8 Å². The monoisotopic (exact) mass is 595 g/mol. The Bertz CT molecular complexity index is 1550. The first-order chi connectivity index (χ1) is 19.6. The summed E-state index contributed by atoms with van der Waals surface area (Å²) in [5.41, 5.74) is 3.11. The van der Waals surface area contributed by atoms with Crippen LogP contribution in [-0.2, 0) is 30.9 Å². The SMILES string of the molecule is CC(C)(C)NC(=O)[C@@H]1CC[C@@](CC#N)(N2NC(=Nc3ccc4c(c3)CN(C(C)(C)C)S4(=O)=O)C3C(=O)N=CC=C32)CO1. The summed E-state index contributed by atoms with van der Waals surface area (Å²) in [6, 6.07) is 7.15. The van der Waals surface area contributed by atoms with E-state index in [0.717, 1.165) is 0 Å². The summed E-state index contributed by atoms with van der Waals surface area (Å²) in [7, 11) is -3.63. The number of hydrogen-bond donors (Lipinski definition) is 2. The van der Waals surface area contributed by atoms with Gasteiger partial charge in [0.15, 0.2) is 0 Å². The highest BCUT2D eigenvalue weighted by Crippen LogP contribution is 2.41. The molecule has 42 heavy (non-hydrogen) atoms. The highest BCUT2D eigenvalue weighted by molar-refractivity contribution is 7.89. The second-order valence-electron chi connectivity index (χ2n) is 13.2. The molecular weight excluding hydrogens is 558 g/mol. The van der Waals surface area contributed by atoms with Gasteiger partial charge in [0.1, 0.15) is 17.9 Å². The molecule has 0 spiro atoms. The molecule has 3 atom stereocenters. The molecule has 0 aromatic heterocycles. The van der Waals surface area contributed by atoms with Gasteiger partial charge in [-0.3, -0.25) is 20.0 Å². The van der Waals surface area contributed by atoms with Gasteiger partial charge in [0.05, 0.1) is 40.9 Å². The Hall–Kier alpha value is -3.60. The standard InChI is InChI=1S/C29H37N7O5S/c1-27(2,3)33-25(37)21-9-11-29(12-13-30,17-41-21)36-20-10-14-31-26(38)23(20)24(34-36)32-19-7-8-22-18(15-19)16-35(28(4,5)6)42(22,39)40/h7-8,10,14-15,21,23H,9,11-12,16-17H2,1-6H3,(H,32,34)(H,33,37)/t21-,23?,29-/m0/s1. The fourth-order valence-corrected chi connectivity index (χ4v) is 7.75. The molecule has 0 bridgehead atoms. The Balaban J connectivity index is 1.45. The number of nitrogens with one attached hydrogen (secondary N) is 2. The van der Waals surface area contributed by atoms with Gasteiger partial charge < -0.3 is 10.1 Å². The minimum Gasteiger partial charge on any atom is -0.366 e. The number of aliphatic imine (C=N–C) groups is 2. The van der Waals surface area contributed by atoms with E-state index in [-0.39, 0.29) is 30.4 Å². The molecule has 4 heterocycles. The van der Waals surface area contributed by atoms with Gasteiger partial charge >= 0.3 is 0 Å². The average molecular weight is 596 g/mol. The number of benzene rings is 1. The second kappa shape index (κ2) is 10.3. The Kier molecular flexibility index (Phi) is 7.32. The zero-order chi connectivity index (χ0) is 30.7. The molecule has 2 saturated heterocycles. The number of sulfonamides is 1. The number of fused-ring (bicyclic) bond motifs is 2. The lowest BCUT2D eigenvalue weighted by atomic mass is 9.85. The fraction of sp³-hybridized carbons (Fsp3) is 0.552. The molecule has 2 amide bonds. The maximum absolute atomic E-state index is 13.1. The maximum Gasteiger partial charge on any atom is 0.262 e. The van der Waals surface area contributed by atoms with Crippen molar-refractivity contribution in [3.8, 4) is 6.07 Å². The van der Waals surface area contributed by atoms with Crippen LogP contribution in [-0.4, -0.2) is 70.9 Å². The number of amidine groups is 1. The number of nitrogens with zero attached hydrogens (tertiary/aromatic N) is 5. The molecule has 1 aromatic rings. The van der Waals surface area contributed by atoms with E-state index in [0.29, 0.717) is 35.6 Å². The topological polar surface area (TPSA) is 157 Å². The van der Waals surface area contributed by atoms with Crippen molar-refractivity contribution in [3.63, 3.8) is 0 Å². The summed E-state index contributed by atoms with van der Waals surface area (Å²) >= 11 is 0. The molecule has 0 aliphatic carbocycles. The van der Waals surface area contributed by atoms with Crippen LogP contribution in [0.4, 0.5) is 5.69 Å². The number of carbonyl (C=O) groups excluding carboxylic acids is 2. The zero-order valence-corrected chi connectivity index (χ0v) is 25.6. The molecule has 4 aliphatic rings. The number of allylic oxidation sites excluding steroid dienone is 1. The molecule has 2 N–H and O–H groups in total. The van der Waals surface area contributed by atoms with E-state index in [1.54, 1.807) is 29.3 Å². The molecule has 0 radical (unpaired) electrons. The number of carbonyl (C=O) groups is 2. The minimum atomic E-state index is -3.63. The average Bonchev–Trinajstić information content (AvgIpc) is 3.39. The van der Waals surface area contributed by atoms with Crippen LogP contribution < -0.4 is 10.7 Å². The van der Waals surface area contributed by atoms with Crippen LogP contribution in [0.1, 0.15) is 66.4 Å². The van der Waals surface area contributed by atoms with E-state index in [9.17, 15) is 23.3 Å². The number of amides is 2. The molecule has 1 aromatic carbocycles. The number of dihydropyridines is 1. The summed E-state index contributed by atoms with van der Waals surface area (Å²) in [6.07, 6.45) is 3.42. The van der Waals surface area contributed by atoms with E-state index in [1.807, 2.05) is 41.5 Å². The molecule has 5 rings (SSSR count). The predicted molar refractivity (Wildman–Crippen MR) is 156 cm³/mol. The number of ether oxygens (including phenoxy) is 1. The summed E-state index contributed by atoms with van der Waals surface area (Å²) in [4.78, 5) is 34.8. The lowest BCUT2D eigenvalue weighted by Gasteiger charge is -2.46. The summed E-state index contributed by atoms with van der Waals surface area (Å²) in [5.74, 6) is -1.11. The molecule has 13 heteroatoms. The lowest BCUT2D eigenvalue weighted by molar-refractivity contribution is -0.145. The Morgan fingerprint density at radius 2 is 2.02 bits per heavy atom. The van der Waals surface area contributed by atoms with Crippen molar-refractivity contribution in [1.29, 1.82) is 5.26 Å². The zero-order valence-electron chi connectivity index (χ0n) is 24.8. The van der Waals surface area contributed by atoms with Gasteiger partial charge in [-0.05, 0) is 84.2 Å². The van der Waals surface area contributed by atoms with Gasteiger partial charge in [-0.15, -0.1) is 0 Å². The van der Waals surface area contributed by atoms with Crippen LogP contribution >= 0.6 is 0 Å². The van der Waals surface area contributed by atoms with Crippen molar-refractivity contribution >= 4 is 39.6 Å². The Labute approximate surface area is 246 Å². The van der Waals surface area contributed by atoms with Crippen LogP contribution in [0.5, 0.6) is 0 Å². The lowest BCUT2D eigenvalue weighted by Crippen LogP contribution is -2.59. The third-order valence-corrected chi connectivity index (χ3v) is 9.98. The van der Waals surface area contributed by atoms with E-state index in [1.165, 1.54) is 10.5 Å². The normalized spacial score (nSPS) is 28.1. The van der Waals surface area contributed by atoms with Crippen molar-refractivity contribution < 1.29 is 22.7 Å². The maximum atomic E-state index is 13.1. The first kappa shape index (κ1) is 29.9. The van der Waals surface area contributed by atoms with Gasteiger partial charge in [0, 0.05) is 23.8 Å². The van der Waals surface area contributed by atoms with Gasteiger partial charge in [0.2, 0.25) is 15.9 Å². The first-order valence-electron chi connectivity index (χ1n) is 14.0. The number of nitriles is 1. The number of hydrazine groups is 1. The Morgan fingerprint density at radius 1 is 1.29 bits per heavy atom. The van der Waals surface area contributed by atoms with Gasteiger partial charge in [-0.1, -0.05) is 0 Å². The van der Waals surface area contributed by atoms with Gasteiger partial charge in [0.25, 0.3) is 5.91 Å². The van der Waals surface area contributed by atoms with Crippen LogP contribution in [0.25, 0.3) is 0 Å². The van der Waals surface area contributed by atoms with Gasteiger partial charge in [-0.25, -0.2) is 18.4 Å². The molecule has 0 saturated carbocycles. The smallest absolute Gasteiger partial charge is 0.262 e. The van der Waals surface area contributed by atoms with Crippen molar-refractivity contribution in [2.45, 2.75) is 95.0 Å². The summed E-state index contributed by atoms with van der Waals surface area (Å²) in [5, 5.41) is 14.5. The molecule has 12 nitrogen and oxygen atoms in total. The number of hydrogen-bond acceptors (Lipinski definition) is 8. The highest BCUT2D eigenvalue weighted by atomic mass is 32.2. The quantitative estimate of drug-likeness (QED) is 0.538. The van der Waals surface area contributed by atoms with Crippen LogP contribution in [0.15, 0.2) is 44.9 Å². The van der Waals surface area contributed by atoms with Crippen LogP contribution in [0, 0.1) is 17.2 Å². The molecule has 4 aliphatic heterocycles. The molecule has 1 unspecified atom stereocenters. The molecule has 2 fully saturated rings. The van der Waals surface area contributed by atoms with Gasteiger partial charge in [-0.2, -0.15) is 9.57 Å². The summed E-state index contributed by atoms with van der Waals surface area (Å²) < 4.78 is 33.7. The highest BCUT2D eigenvalue weighted by Gasteiger charge is 2.51. The van der Waals surface area contributed by atoms with E-state index < -0.39 is 44.6 Å². The van der Waals surface area contributed by atoms with Crippen molar-refractivity contribution in [3.05, 3.63) is 35.5 Å². The van der Waals surface area contributed by atoms with Crippen molar-refractivity contribution in [2.75, 3.05) is 6.61 Å². The first-order valence-corrected chi connectivity index (χ1v) is 15.4. The van der Waals surface area contributed by atoms with E-state index >= 15 is 0 Å². The Morgan fingerprint density at radius 3 is 2.64 bits per heavy atom.